The normalized spacial score (nSPS) is 10.2. The van der Waals surface area contributed by atoms with E-state index in [-0.39, 0.29) is 0 Å². The predicted molar refractivity (Wildman–Crippen MR) is 70.4 cm³/mol. The van der Waals surface area contributed by atoms with Gasteiger partial charge in [0.1, 0.15) is 0 Å². The zero-order chi connectivity index (χ0) is 12.1. The van der Waals surface area contributed by atoms with Gasteiger partial charge in [0.15, 0.2) is 5.15 Å². The van der Waals surface area contributed by atoms with Crippen LogP contribution in [0.25, 0.3) is 0 Å². The second-order valence-electron chi connectivity index (χ2n) is 3.87. The Morgan fingerprint density at radius 3 is 2.88 bits per heavy atom. The number of halogens is 1. The largest absolute Gasteiger partial charge is 0.383 e. The molecule has 0 aliphatic carbocycles. The van der Waals surface area contributed by atoms with E-state index in [0.717, 1.165) is 18.7 Å². The van der Waals surface area contributed by atoms with Crippen LogP contribution in [0.4, 0.5) is 5.69 Å². The van der Waals surface area contributed by atoms with E-state index >= 15 is 0 Å². The molecule has 0 atom stereocenters. The zero-order valence-electron chi connectivity index (χ0n) is 9.65. The summed E-state index contributed by atoms with van der Waals surface area (Å²) in [5.74, 6) is 0. The van der Waals surface area contributed by atoms with Crippen molar-refractivity contribution < 1.29 is 0 Å². The molecule has 1 aromatic heterocycles. The summed E-state index contributed by atoms with van der Waals surface area (Å²) in [4.78, 5) is 0. The van der Waals surface area contributed by atoms with Crippen LogP contribution in [-0.4, -0.2) is 16.7 Å². The van der Waals surface area contributed by atoms with Crippen molar-refractivity contribution in [3.63, 3.8) is 0 Å². The van der Waals surface area contributed by atoms with Gasteiger partial charge in [0.05, 0.1) is 11.9 Å². The molecule has 0 saturated carbocycles. The monoisotopic (exact) mass is 247 g/mol. The first kappa shape index (κ1) is 11.9. The van der Waals surface area contributed by atoms with E-state index in [1.807, 2.05) is 0 Å². The van der Waals surface area contributed by atoms with Gasteiger partial charge in [-0.15, -0.1) is 5.10 Å². The Morgan fingerprint density at radius 1 is 1.29 bits per heavy atom. The molecule has 0 spiro atoms. The molecule has 0 aliphatic heterocycles. The van der Waals surface area contributed by atoms with Crippen molar-refractivity contribution in [2.24, 2.45) is 0 Å². The quantitative estimate of drug-likeness (QED) is 0.902. The van der Waals surface area contributed by atoms with Crippen LogP contribution in [0.5, 0.6) is 0 Å². The highest BCUT2D eigenvalue weighted by atomic mass is 35.5. The minimum absolute atomic E-state index is 0.408. The van der Waals surface area contributed by atoms with Crippen LogP contribution in [0.3, 0.4) is 0 Å². The molecule has 1 N–H and O–H groups in total. The van der Waals surface area contributed by atoms with E-state index in [1.54, 1.807) is 12.3 Å². The van der Waals surface area contributed by atoms with Crippen molar-refractivity contribution in [3.05, 3.63) is 52.8 Å². The van der Waals surface area contributed by atoms with E-state index in [9.17, 15) is 0 Å². The Kier molecular flexibility index (Phi) is 3.94. The number of benzene rings is 1. The molecule has 0 radical (unpaired) electrons. The van der Waals surface area contributed by atoms with Gasteiger partial charge >= 0.3 is 0 Å². The average Bonchev–Trinajstić information content (AvgIpc) is 2.32. The second-order valence-corrected chi connectivity index (χ2v) is 4.26. The third kappa shape index (κ3) is 3.43. The summed E-state index contributed by atoms with van der Waals surface area (Å²) >= 11 is 5.75. The van der Waals surface area contributed by atoms with Gasteiger partial charge in [-0.2, -0.15) is 5.10 Å². The molecule has 0 aliphatic rings. The maximum Gasteiger partial charge on any atom is 0.153 e. The van der Waals surface area contributed by atoms with Crippen molar-refractivity contribution in [2.45, 2.75) is 13.3 Å². The molecule has 4 heteroatoms. The lowest BCUT2D eigenvalue weighted by Gasteiger charge is -2.07. The van der Waals surface area contributed by atoms with Gasteiger partial charge in [0.25, 0.3) is 0 Å². The summed E-state index contributed by atoms with van der Waals surface area (Å²) in [6, 6.07) is 10.2. The lowest BCUT2D eigenvalue weighted by Crippen LogP contribution is -2.06. The summed E-state index contributed by atoms with van der Waals surface area (Å²) in [5.41, 5.74) is 3.58. The molecule has 3 nitrogen and oxygen atoms in total. The zero-order valence-corrected chi connectivity index (χ0v) is 10.4. The van der Waals surface area contributed by atoms with Crippen LogP contribution < -0.4 is 5.32 Å². The van der Waals surface area contributed by atoms with Gasteiger partial charge in [0.2, 0.25) is 0 Å². The van der Waals surface area contributed by atoms with Crippen LogP contribution >= 0.6 is 11.6 Å². The fourth-order valence-electron chi connectivity index (χ4n) is 1.67. The molecule has 17 heavy (non-hydrogen) atoms. The van der Waals surface area contributed by atoms with E-state index in [2.05, 4.69) is 46.7 Å². The van der Waals surface area contributed by atoms with Crippen LogP contribution in [0, 0.1) is 6.92 Å². The van der Waals surface area contributed by atoms with Gasteiger partial charge in [0, 0.05) is 12.6 Å². The predicted octanol–water partition coefficient (Wildman–Crippen LogP) is 3.09. The first-order valence-corrected chi connectivity index (χ1v) is 5.90. The highest BCUT2D eigenvalue weighted by molar-refractivity contribution is 6.29. The van der Waals surface area contributed by atoms with Crippen molar-refractivity contribution >= 4 is 17.3 Å². The molecule has 2 aromatic rings. The maximum atomic E-state index is 5.75. The summed E-state index contributed by atoms with van der Waals surface area (Å²) in [5, 5.41) is 11.2. The van der Waals surface area contributed by atoms with Crippen molar-refractivity contribution in [2.75, 3.05) is 11.9 Å². The number of anilines is 1. The summed E-state index contributed by atoms with van der Waals surface area (Å²) in [6.07, 6.45) is 2.65. The molecule has 1 aromatic carbocycles. The van der Waals surface area contributed by atoms with E-state index in [0.29, 0.717) is 5.15 Å². The molecule has 0 bridgehead atoms. The van der Waals surface area contributed by atoms with E-state index in [1.165, 1.54) is 11.1 Å². The number of nitrogens with zero attached hydrogens (tertiary/aromatic N) is 2. The number of rotatable bonds is 4. The average molecular weight is 248 g/mol. The van der Waals surface area contributed by atoms with Crippen molar-refractivity contribution in [1.82, 2.24) is 10.2 Å². The molecular weight excluding hydrogens is 234 g/mol. The Hall–Kier alpha value is -1.61. The Labute approximate surface area is 106 Å². The molecule has 88 valence electrons. The Bertz CT molecular complexity index is 500. The maximum absolute atomic E-state index is 5.75. The summed E-state index contributed by atoms with van der Waals surface area (Å²) in [7, 11) is 0. The highest BCUT2D eigenvalue weighted by Gasteiger charge is 1.98. The molecular formula is C13H14ClN3. The fraction of sp³-hybridized carbons (Fsp3) is 0.231. The number of aryl methyl sites for hydroxylation is 1. The lowest BCUT2D eigenvalue weighted by atomic mass is 10.1. The van der Waals surface area contributed by atoms with Gasteiger partial charge < -0.3 is 5.32 Å². The highest BCUT2D eigenvalue weighted by Crippen LogP contribution is 2.11. The van der Waals surface area contributed by atoms with Crippen LogP contribution in [0.1, 0.15) is 11.1 Å². The van der Waals surface area contributed by atoms with Gasteiger partial charge in [-0.25, -0.2) is 0 Å². The molecule has 0 fully saturated rings. The minimum Gasteiger partial charge on any atom is -0.383 e. The smallest absolute Gasteiger partial charge is 0.153 e. The SMILES string of the molecule is Cc1ccccc1CCNc1cnnc(Cl)c1. The number of hydrogen-bond donors (Lipinski definition) is 1. The molecule has 0 unspecified atom stereocenters. The molecule has 0 saturated heterocycles. The minimum atomic E-state index is 0.408. The van der Waals surface area contributed by atoms with Gasteiger partial charge in [-0.05, 0) is 24.5 Å². The van der Waals surface area contributed by atoms with Crippen LogP contribution in [0.2, 0.25) is 5.15 Å². The lowest BCUT2D eigenvalue weighted by molar-refractivity contribution is 0.984. The van der Waals surface area contributed by atoms with Crippen LogP contribution in [-0.2, 0) is 6.42 Å². The third-order valence-electron chi connectivity index (χ3n) is 2.61. The molecule has 0 amide bonds. The van der Waals surface area contributed by atoms with E-state index < -0.39 is 0 Å². The van der Waals surface area contributed by atoms with Crippen molar-refractivity contribution in [3.8, 4) is 0 Å². The van der Waals surface area contributed by atoms with Crippen LogP contribution in [0.15, 0.2) is 36.5 Å². The third-order valence-corrected chi connectivity index (χ3v) is 2.79. The number of nitrogens with one attached hydrogen (secondary N) is 1. The van der Waals surface area contributed by atoms with E-state index in [4.69, 9.17) is 11.6 Å². The van der Waals surface area contributed by atoms with Gasteiger partial charge in [-0.3, -0.25) is 0 Å². The first-order chi connectivity index (χ1) is 8.25. The second kappa shape index (κ2) is 5.64. The standard InChI is InChI=1S/C13H14ClN3/c1-10-4-2-3-5-11(10)6-7-15-12-8-13(14)17-16-9-12/h2-5,8-9H,6-7H2,1H3,(H,15,17). The van der Waals surface area contributed by atoms with Gasteiger partial charge in [-0.1, -0.05) is 35.9 Å². The first-order valence-electron chi connectivity index (χ1n) is 5.52. The topological polar surface area (TPSA) is 37.8 Å². The number of aromatic nitrogens is 2. The summed E-state index contributed by atoms with van der Waals surface area (Å²) in [6.45, 7) is 2.98. The fourth-order valence-corrected chi connectivity index (χ4v) is 1.83. The Balaban J connectivity index is 1.90. The molecule has 2 rings (SSSR count). The summed E-state index contributed by atoms with van der Waals surface area (Å²) < 4.78 is 0. The Morgan fingerprint density at radius 2 is 2.12 bits per heavy atom. The number of hydrogen-bond acceptors (Lipinski definition) is 3. The van der Waals surface area contributed by atoms with Crippen molar-refractivity contribution in [1.29, 1.82) is 0 Å². The molecule has 1 heterocycles.